The normalized spacial score (nSPS) is 10.7. The third-order valence-corrected chi connectivity index (χ3v) is 4.86. The van der Waals surface area contributed by atoms with Gasteiger partial charge in [0.05, 0.1) is 32.0 Å². The molecule has 2 aromatic carbocycles. The van der Waals surface area contributed by atoms with Gasteiger partial charge < -0.3 is 14.2 Å². The van der Waals surface area contributed by atoms with Gasteiger partial charge in [-0.1, -0.05) is 24.3 Å². The molecule has 0 bridgehead atoms. The molecule has 0 aliphatic heterocycles. The molecule has 0 amide bonds. The third-order valence-electron chi connectivity index (χ3n) is 4.86. The number of nitrogens with zero attached hydrogens (tertiary/aromatic N) is 3. The van der Waals surface area contributed by atoms with E-state index in [1.54, 1.807) is 33.5 Å². The molecule has 0 aliphatic carbocycles. The Balaban J connectivity index is 1.89. The van der Waals surface area contributed by atoms with Crippen LogP contribution < -0.4 is 9.47 Å². The van der Waals surface area contributed by atoms with Crippen LogP contribution in [-0.4, -0.2) is 41.7 Å². The number of methoxy groups -OCH3 is 2. The first-order valence-corrected chi connectivity index (χ1v) is 9.76. The number of ether oxygens (including phenoxy) is 3. The Kier molecular flexibility index (Phi) is 5.75. The Bertz CT molecular complexity index is 1240. The first kappa shape index (κ1) is 20.3. The highest BCUT2D eigenvalue weighted by Gasteiger charge is 2.20. The van der Waals surface area contributed by atoms with Crippen LogP contribution in [0.2, 0.25) is 0 Å². The second-order valence-electron chi connectivity index (χ2n) is 6.62. The molecule has 0 saturated heterocycles. The van der Waals surface area contributed by atoms with Gasteiger partial charge in [0, 0.05) is 35.1 Å². The van der Waals surface area contributed by atoms with Gasteiger partial charge in [0.25, 0.3) is 0 Å². The maximum atomic E-state index is 12.7. The fourth-order valence-corrected chi connectivity index (χ4v) is 3.46. The maximum absolute atomic E-state index is 12.7. The van der Waals surface area contributed by atoms with Crippen molar-refractivity contribution >= 4 is 16.9 Å². The molecule has 2 aromatic heterocycles. The second-order valence-corrected chi connectivity index (χ2v) is 6.62. The number of pyridine rings is 1. The average molecular weight is 415 g/mol. The molecule has 31 heavy (non-hydrogen) atoms. The molecular weight excluding hydrogens is 394 g/mol. The van der Waals surface area contributed by atoms with E-state index >= 15 is 0 Å². The Labute approximate surface area is 179 Å². The minimum Gasteiger partial charge on any atom is -0.496 e. The number of carbonyl (C=O) groups excluding carboxylic acids is 1. The Morgan fingerprint density at radius 1 is 0.871 bits per heavy atom. The van der Waals surface area contributed by atoms with E-state index in [0.29, 0.717) is 39.5 Å². The van der Waals surface area contributed by atoms with E-state index in [-0.39, 0.29) is 6.61 Å². The van der Waals surface area contributed by atoms with Crippen molar-refractivity contribution in [1.29, 1.82) is 0 Å². The molecule has 4 aromatic rings. The SMILES string of the molecule is CCOC(=O)c1cnc2c(OC)cccc2c1-c1cnc(-c2ccccc2OC)nc1. The summed E-state index contributed by atoms with van der Waals surface area (Å²) in [6.07, 6.45) is 4.88. The molecule has 0 spiro atoms. The van der Waals surface area contributed by atoms with Crippen molar-refractivity contribution in [3.05, 3.63) is 66.6 Å². The number of aromatic nitrogens is 3. The highest BCUT2D eigenvalue weighted by Crippen LogP contribution is 2.35. The molecular formula is C24H21N3O4. The van der Waals surface area contributed by atoms with E-state index in [2.05, 4.69) is 15.0 Å². The van der Waals surface area contributed by atoms with Crippen LogP contribution in [-0.2, 0) is 4.74 Å². The van der Waals surface area contributed by atoms with Crippen molar-refractivity contribution in [3.8, 4) is 34.0 Å². The van der Waals surface area contributed by atoms with Crippen molar-refractivity contribution in [3.63, 3.8) is 0 Å². The summed E-state index contributed by atoms with van der Waals surface area (Å²) in [7, 11) is 3.19. The summed E-state index contributed by atoms with van der Waals surface area (Å²) in [5.41, 5.74) is 3.08. The molecule has 0 aliphatic rings. The van der Waals surface area contributed by atoms with Crippen LogP contribution in [0, 0.1) is 0 Å². The summed E-state index contributed by atoms with van der Waals surface area (Å²) in [4.78, 5) is 26.2. The van der Waals surface area contributed by atoms with Gasteiger partial charge in [-0.15, -0.1) is 0 Å². The summed E-state index contributed by atoms with van der Waals surface area (Å²) < 4.78 is 16.1. The fourth-order valence-electron chi connectivity index (χ4n) is 3.46. The number of benzene rings is 2. The van der Waals surface area contributed by atoms with Gasteiger partial charge in [-0.2, -0.15) is 0 Å². The zero-order valence-electron chi connectivity index (χ0n) is 17.5. The smallest absolute Gasteiger partial charge is 0.340 e. The fraction of sp³-hybridized carbons (Fsp3) is 0.167. The van der Waals surface area contributed by atoms with Crippen LogP contribution in [0.4, 0.5) is 0 Å². The molecule has 0 N–H and O–H groups in total. The van der Waals surface area contributed by atoms with Crippen LogP contribution in [0.3, 0.4) is 0 Å². The standard InChI is InChI=1S/C24H21N3O4/c1-4-31-24(28)18-14-25-22-17(9-7-11-20(22)30-3)21(18)15-12-26-23(27-13-15)16-8-5-6-10-19(16)29-2/h5-14H,4H2,1-3H3. The first-order valence-electron chi connectivity index (χ1n) is 9.76. The molecule has 7 nitrogen and oxygen atoms in total. The minimum atomic E-state index is -0.455. The molecule has 156 valence electrons. The summed E-state index contributed by atoms with van der Waals surface area (Å²) in [6.45, 7) is 2.03. The number of hydrogen-bond donors (Lipinski definition) is 0. The van der Waals surface area contributed by atoms with E-state index in [1.807, 2.05) is 42.5 Å². The van der Waals surface area contributed by atoms with Gasteiger partial charge in [0.1, 0.15) is 17.0 Å². The van der Waals surface area contributed by atoms with Crippen molar-refractivity contribution < 1.29 is 19.0 Å². The van der Waals surface area contributed by atoms with Crippen molar-refractivity contribution in [2.45, 2.75) is 6.92 Å². The first-order chi connectivity index (χ1) is 15.2. The molecule has 7 heteroatoms. The van der Waals surface area contributed by atoms with Gasteiger partial charge in [-0.05, 0) is 25.1 Å². The summed E-state index contributed by atoms with van der Waals surface area (Å²) >= 11 is 0. The summed E-state index contributed by atoms with van der Waals surface area (Å²) in [5, 5.41) is 0.749. The van der Waals surface area contributed by atoms with Gasteiger partial charge >= 0.3 is 5.97 Å². The number of esters is 1. The lowest BCUT2D eigenvalue weighted by atomic mass is 9.98. The molecule has 0 radical (unpaired) electrons. The van der Waals surface area contributed by atoms with E-state index in [0.717, 1.165) is 10.9 Å². The van der Waals surface area contributed by atoms with E-state index in [9.17, 15) is 4.79 Å². The van der Waals surface area contributed by atoms with Crippen LogP contribution in [0.25, 0.3) is 33.4 Å². The lowest BCUT2D eigenvalue weighted by Gasteiger charge is -2.14. The Morgan fingerprint density at radius 3 is 2.29 bits per heavy atom. The van der Waals surface area contributed by atoms with Crippen LogP contribution in [0.15, 0.2) is 61.1 Å². The van der Waals surface area contributed by atoms with Crippen molar-refractivity contribution in [1.82, 2.24) is 15.0 Å². The van der Waals surface area contributed by atoms with Crippen molar-refractivity contribution in [2.75, 3.05) is 20.8 Å². The zero-order chi connectivity index (χ0) is 21.8. The Hall–Kier alpha value is -4.00. The maximum Gasteiger partial charge on any atom is 0.340 e. The topological polar surface area (TPSA) is 83.4 Å². The number of carbonyl (C=O) groups is 1. The highest BCUT2D eigenvalue weighted by atomic mass is 16.5. The minimum absolute atomic E-state index is 0.262. The zero-order valence-corrected chi connectivity index (χ0v) is 17.5. The van der Waals surface area contributed by atoms with Gasteiger partial charge in [0.15, 0.2) is 5.82 Å². The number of fused-ring (bicyclic) bond motifs is 1. The molecule has 0 atom stereocenters. The lowest BCUT2D eigenvalue weighted by Crippen LogP contribution is -2.08. The predicted octanol–water partition coefficient (Wildman–Crippen LogP) is 4.55. The molecule has 0 saturated carbocycles. The molecule has 0 unspecified atom stereocenters. The van der Waals surface area contributed by atoms with Crippen LogP contribution in [0.5, 0.6) is 11.5 Å². The van der Waals surface area contributed by atoms with E-state index in [1.165, 1.54) is 6.20 Å². The Morgan fingerprint density at radius 2 is 1.58 bits per heavy atom. The molecule has 4 rings (SSSR count). The summed E-state index contributed by atoms with van der Waals surface area (Å²) in [5.74, 6) is 1.36. The number of rotatable bonds is 6. The van der Waals surface area contributed by atoms with Gasteiger partial charge in [-0.3, -0.25) is 4.98 Å². The summed E-state index contributed by atoms with van der Waals surface area (Å²) in [6, 6.07) is 13.1. The van der Waals surface area contributed by atoms with Gasteiger partial charge in [-0.25, -0.2) is 14.8 Å². The van der Waals surface area contributed by atoms with Crippen LogP contribution in [0.1, 0.15) is 17.3 Å². The van der Waals surface area contributed by atoms with Crippen LogP contribution >= 0.6 is 0 Å². The predicted molar refractivity (Wildman–Crippen MR) is 117 cm³/mol. The van der Waals surface area contributed by atoms with E-state index < -0.39 is 5.97 Å². The number of hydrogen-bond acceptors (Lipinski definition) is 7. The average Bonchev–Trinajstić information content (AvgIpc) is 2.83. The molecule has 0 fully saturated rings. The monoisotopic (exact) mass is 415 g/mol. The highest BCUT2D eigenvalue weighted by molar-refractivity contribution is 6.07. The largest absolute Gasteiger partial charge is 0.496 e. The molecule has 2 heterocycles. The number of para-hydroxylation sites is 2. The quantitative estimate of drug-likeness (QED) is 0.427. The lowest BCUT2D eigenvalue weighted by molar-refractivity contribution is 0.0527. The van der Waals surface area contributed by atoms with E-state index in [4.69, 9.17) is 14.2 Å². The second kappa shape index (κ2) is 8.79. The third kappa shape index (κ3) is 3.77. The van der Waals surface area contributed by atoms with Gasteiger partial charge in [0.2, 0.25) is 0 Å². The van der Waals surface area contributed by atoms with Crippen molar-refractivity contribution in [2.24, 2.45) is 0 Å².